The van der Waals surface area contributed by atoms with Crippen molar-refractivity contribution in [1.29, 1.82) is 0 Å². The van der Waals surface area contributed by atoms with Crippen LogP contribution in [0.25, 0.3) is 0 Å². The number of hydrogen-bond acceptors (Lipinski definition) is 4. The molecular formula is C20H24ClN3O3S. The number of carbonyl (C=O) groups is 1. The van der Waals surface area contributed by atoms with E-state index in [1.165, 1.54) is 0 Å². The number of halogens is 1. The minimum atomic E-state index is -3.65. The Morgan fingerprint density at radius 3 is 2.25 bits per heavy atom. The van der Waals surface area contributed by atoms with Crippen LogP contribution in [0.3, 0.4) is 0 Å². The number of para-hydroxylation sites is 1. The van der Waals surface area contributed by atoms with Crippen molar-refractivity contribution in [1.82, 2.24) is 4.90 Å². The second-order valence-electron chi connectivity index (χ2n) is 6.86. The topological polar surface area (TPSA) is 60.9 Å². The summed E-state index contributed by atoms with van der Waals surface area (Å²) in [5.74, 6) is -0.210. The molecule has 1 atom stereocenters. The summed E-state index contributed by atoms with van der Waals surface area (Å²) in [6.07, 6.45) is 1.10. The number of rotatable bonds is 5. The third kappa shape index (κ3) is 4.59. The van der Waals surface area contributed by atoms with Crippen LogP contribution in [-0.2, 0) is 14.8 Å². The average molecular weight is 422 g/mol. The standard InChI is InChI=1S/C20H24ClN3O3S/c1-16(24(28(2,26)27)19-10-6-7-17(21)15-19)20(25)23-13-11-22(12-14-23)18-8-4-3-5-9-18/h3-10,15-16H,11-14H2,1-2H3/t16-/m0/s1. The monoisotopic (exact) mass is 421 g/mol. The summed E-state index contributed by atoms with van der Waals surface area (Å²) in [5.41, 5.74) is 1.51. The third-order valence-corrected chi connectivity index (χ3v) is 6.32. The lowest BCUT2D eigenvalue weighted by molar-refractivity contribution is -0.132. The SMILES string of the molecule is C[C@@H](C(=O)N1CCN(c2ccccc2)CC1)N(c1cccc(Cl)c1)S(C)(=O)=O. The Labute approximate surface area is 171 Å². The molecule has 6 nitrogen and oxygen atoms in total. The van der Waals surface area contributed by atoms with Crippen molar-refractivity contribution in [2.75, 3.05) is 41.6 Å². The second kappa shape index (κ2) is 8.41. The molecule has 1 aliphatic heterocycles. The lowest BCUT2D eigenvalue weighted by Gasteiger charge is -2.39. The van der Waals surface area contributed by atoms with Crippen molar-refractivity contribution in [2.45, 2.75) is 13.0 Å². The number of carbonyl (C=O) groups excluding carboxylic acids is 1. The molecule has 1 saturated heterocycles. The maximum atomic E-state index is 13.1. The van der Waals surface area contributed by atoms with Crippen molar-refractivity contribution in [3.8, 4) is 0 Å². The molecule has 0 spiro atoms. The minimum absolute atomic E-state index is 0.210. The van der Waals surface area contributed by atoms with Crippen molar-refractivity contribution in [3.63, 3.8) is 0 Å². The number of amides is 1. The molecule has 28 heavy (non-hydrogen) atoms. The van der Waals surface area contributed by atoms with Crippen LogP contribution >= 0.6 is 11.6 Å². The van der Waals surface area contributed by atoms with Crippen LogP contribution in [0.15, 0.2) is 54.6 Å². The van der Waals surface area contributed by atoms with Crippen LogP contribution in [0, 0.1) is 0 Å². The van der Waals surface area contributed by atoms with Crippen molar-refractivity contribution in [2.24, 2.45) is 0 Å². The zero-order chi connectivity index (χ0) is 20.3. The van der Waals surface area contributed by atoms with Crippen molar-refractivity contribution < 1.29 is 13.2 Å². The largest absolute Gasteiger partial charge is 0.368 e. The average Bonchev–Trinajstić information content (AvgIpc) is 2.67. The first kappa shape index (κ1) is 20.5. The van der Waals surface area contributed by atoms with Gasteiger partial charge in [-0.15, -0.1) is 0 Å². The molecule has 8 heteroatoms. The van der Waals surface area contributed by atoms with Gasteiger partial charge in [-0.05, 0) is 37.3 Å². The van der Waals surface area contributed by atoms with Gasteiger partial charge in [0.2, 0.25) is 15.9 Å². The van der Waals surface area contributed by atoms with E-state index in [0.717, 1.165) is 16.2 Å². The fourth-order valence-electron chi connectivity index (χ4n) is 3.50. The Morgan fingerprint density at radius 1 is 1.04 bits per heavy atom. The van der Waals surface area contributed by atoms with Crippen molar-refractivity contribution >= 4 is 38.9 Å². The predicted octanol–water partition coefficient (Wildman–Crippen LogP) is 2.84. The van der Waals surface area contributed by atoms with E-state index in [4.69, 9.17) is 11.6 Å². The summed E-state index contributed by atoms with van der Waals surface area (Å²) in [5, 5.41) is 0.419. The molecule has 0 radical (unpaired) electrons. The molecule has 0 saturated carbocycles. The van der Waals surface area contributed by atoms with E-state index in [2.05, 4.69) is 4.90 Å². The van der Waals surface area contributed by atoms with Crippen LogP contribution in [0.1, 0.15) is 6.92 Å². The van der Waals surface area contributed by atoms with E-state index >= 15 is 0 Å². The maximum absolute atomic E-state index is 13.1. The van der Waals surface area contributed by atoms with E-state index in [1.807, 2.05) is 30.3 Å². The molecule has 1 fully saturated rings. The number of hydrogen-bond donors (Lipinski definition) is 0. The normalized spacial score (nSPS) is 16.0. The fraction of sp³-hybridized carbons (Fsp3) is 0.350. The van der Waals surface area contributed by atoms with Crippen LogP contribution < -0.4 is 9.21 Å². The lowest BCUT2D eigenvalue weighted by atomic mass is 10.2. The van der Waals surface area contributed by atoms with Gasteiger partial charge in [0, 0.05) is 36.9 Å². The van der Waals surface area contributed by atoms with E-state index < -0.39 is 16.1 Å². The molecule has 1 amide bonds. The molecule has 3 rings (SSSR count). The summed E-state index contributed by atoms with van der Waals surface area (Å²) in [6, 6.07) is 15.7. The molecular weight excluding hydrogens is 398 g/mol. The highest BCUT2D eigenvalue weighted by Crippen LogP contribution is 2.25. The zero-order valence-electron chi connectivity index (χ0n) is 16.0. The fourth-order valence-corrected chi connectivity index (χ4v) is 4.85. The lowest BCUT2D eigenvalue weighted by Crippen LogP contribution is -2.55. The van der Waals surface area contributed by atoms with Gasteiger partial charge in [-0.2, -0.15) is 0 Å². The predicted molar refractivity (Wildman–Crippen MR) is 113 cm³/mol. The summed E-state index contributed by atoms with van der Waals surface area (Å²) in [4.78, 5) is 17.0. The Bertz CT molecular complexity index is 929. The molecule has 0 unspecified atom stereocenters. The highest BCUT2D eigenvalue weighted by atomic mass is 35.5. The molecule has 2 aromatic rings. The molecule has 150 valence electrons. The third-order valence-electron chi connectivity index (χ3n) is 4.84. The first-order chi connectivity index (χ1) is 13.3. The highest BCUT2D eigenvalue weighted by Gasteiger charge is 2.33. The first-order valence-electron chi connectivity index (χ1n) is 9.11. The van der Waals surface area contributed by atoms with Gasteiger partial charge in [-0.3, -0.25) is 9.10 Å². The highest BCUT2D eigenvalue weighted by molar-refractivity contribution is 7.92. The number of benzene rings is 2. The van der Waals surface area contributed by atoms with Gasteiger partial charge in [-0.1, -0.05) is 35.9 Å². The maximum Gasteiger partial charge on any atom is 0.246 e. The number of nitrogens with zero attached hydrogens (tertiary/aromatic N) is 3. The smallest absolute Gasteiger partial charge is 0.246 e. The minimum Gasteiger partial charge on any atom is -0.368 e. The molecule has 1 heterocycles. The summed E-state index contributed by atoms with van der Waals surface area (Å²) >= 11 is 6.02. The quantitative estimate of drug-likeness (QED) is 0.744. The van der Waals surface area contributed by atoms with Gasteiger partial charge in [-0.25, -0.2) is 8.42 Å². The molecule has 0 aliphatic carbocycles. The van der Waals surface area contributed by atoms with Gasteiger partial charge in [0.25, 0.3) is 0 Å². The summed E-state index contributed by atoms with van der Waals surface area (Å²) in [7, 11) is -3.65. The first-order valence-corrected chi connectivity index (χ1v) is 11.3. The Morgan fingerprint density at radius 2 is 1.68 bits per heavy atom. The Kier molecular flexibility index (Phi) is 6.15. The molecule has 2 aromatic carbocycles. The summed E-state index contributed by atoms with van der Waals surface area (Å²) < 4.78 is 26.0. The number of piperazine rings is 1. The number of anilines is 2. The van der Waals surface area contributed by atoms with Crippen molar-refractivity contribution in [3.05, 3.63) is 59.6 Å². The van der Waals surface area contributed by atoms with Crippen LogP contribution in [0.2, 0.25) is 5.02 Å². The number of sulfonamides is 1. The van der Waals surface area contributed by atoms with Crippen LogP contribution in [-0.4, -0.2) is 57.7 Å². The van der Waals surface area contributed by atoms with Gasteiger partial charge in [0.15, 0.2) is 0 Å². The summed E-state index contributed by atoms with van der Waals surface area (Å²) in [6.45, 7) is 4.13. The molecule has 0 bridgehead atoms. The Balaban J connectivity index is 1.74. The van der Waals surface area contributed by atoms with E-state index in [0.29, 0.717) is 36.9 Å². The van der Waals surface area contributed by atoms with Gasteiger partial charge in [0.1, 0.15) is 6.04 Å². The van der Waals surface area contributed by atoms with Crippen LogP contribution in [0.4, 0.5) is 11.4 Å². The van der Waals surface area contributed by atoms with E-state index in [9.17, 15) is 13.2 Å². The van der Waals surface area contributed by atoms with E-state index in [-0.39, 0.29) is 5.91 Å². The zero-order valence-corrected chi connectivity index (χ0v) is 17.5. The van der Waals surface area contributed by atoms with Crippen LogP contribution in [0.5, 0.6) is 0 Å². The molecule has 0 aromatic heterocycles. The second-order valence-corrected chi connectivity index (χ2v) is 9.16. The van der Waals surface area contributed by atoms with E-state index in [1.54, 1.807) is 36.1 Å². The molecule has 0 N–H and O–H groups in total. The van der Waals surface area contributed by atoms with Gasteiger partial charge >= 0.3 is 0 Å². The van der Waals surface area contributed by atoms with Gasteiger partial charge in [0.05, 0.1) is 11.9 Å². The Hall–Kier alpha value is -2.25. The molecule has 1 aliphatic rings. The van der Waals surface area contributed by atoms with Gasteiger partial charge < -0.3 is 9.80 Å².